The predicted octanol–water partition coefficient (Wildman–Crippen LogP) is 3.79. The first kappa shape index (κ1) is 20.9. The molecule has 166 valence electrons. The molecule has 2 amide bonds. The Bertz CT molecular complexity index is 1300. The highest BCUT2D eigenvalue weighted by Gasteiger charge is 2.25. The molecule has 2 aromatic carbocycles. The number of para-hydroxylation sites is 1. The van der Waals surface area contributed by atoms with E-state index in [1.165, 1.54) is 10.9 Å². The fraction of sp³-hybridized carbons (Fsp3) is 0.192. The second kappa shape index (κ2) is 8.88. The van der Waals surface area contributed by atoms with Crippen LogP contribution in [0.3, 0.4) is 0 Å². The monoisotopic (exact) mass is 439 g/mol. The first-order valence-corrected chi connectivity index (χ1v) is 11.0. The van der Waals surface area contributed by atoms with E-state index in [4.69, 9.17) is 5.73 Å². The minimum absolute atomic E-state index is 0.0336. The maximum Gasteiger partial charge on any atom is 0.255 e. The normalized spacial score (nSPS) is 14.0. The van der Waals surface area contributed by atoms with E-state index in [9.17, 15) is 9.59 Å². The van der Waals surface area contributed by atoms with Crippen molar-refractivity contribution in [3.8, 4) is 0 Å². The molecule has 0 bridgehead atoms. The highest BCUT2D eigenvalue weighted by atomic mass is 16.2. The van der Waals surface area contributed by atoms with Gasteiger partial charge in [0, 0.05) is 59.2 Å². The van der Waals surface area contributed by atoms with E-state index >= 15 is 0 Å². The van der Waals surface area contributed by atoms with E-state index < -0.39 is 6.04 Å². The molecule has 1 aliphatic heterocycles. The van der Waals surface area contributed by atoms with Crippen LogP contribution in [0.15, 0.2) is 73.1 Å². The first-order valence-electron chi connectivity index (χ1n) is 11.0. The highest BCUT2D eigenvalue weighted by Crippen LogP contribution is 2.28. The standard InChI is InChI=1S/C26H25N5O2/c27-22(17-5-7-18(8-6-17)26(33)29-19-9-12-28-13-10-19)15-25(32)31-14-11-21-20-3-1-2-4-23(20)30-24(21)16-31/h1-10,12-13,22,30H,11,14-16,27H2,(H,28,29,33). The maximum absolute atomic E-state index is 12.9. The van der Waals surface area contributed by atoms with Gasteiger partial charge < -0.3 is 20.9 Å². The van der Waals surface area contributed by atoms with Crippen molar-refractivity contribution in [1.82, 2.24) is 14.9 Å². The van der Waals surface area contributed by atoms with Crippen LogP contribution in [0.1, 0.15) is 39.6 Å². The average molecular weight is 440 g/mol. The van der Waals surface area contributed by atoms with Crippen molar-refractivity contribution in [2.24, 2.45) is 5.73 Å². The Kier molecular flexibility index (Phi) is 5.62. The molecule has 33 heavy (non-hydrogen) atoms. The summed E-state index contributed by atoms with van der Waals surface area (Å²) in [5, 5.41) is 4.07. The van der Waals surface area contributed by atoms with Crippen molar-refractivity contribution in [1.29, 1.82) is 0 Å². The molecule has 7 nitrogen and oxygen atoms in total. The van der Waals surface area contributed by atoms with Crippen LogP contribution in [-0.2, 0) is 17.8 Å². The number of fused-ring (bicyclic) bond motifs is 3. The van der Waals surface area contributed by atoms with Crippen LogP contribution < -0.4 is 11.1 Å². The summed E-state index contributed by atoms with van der Waals surface area (Å²) in [5.74, 6) is -0.175. The van der Waals surface area contributed by atoms with Gasteiger partial charge in [0.15, 0.2) is 0 Å². The van der Waals surface area contributed by atoms with Crippen molar-refractivity contribution in [3.63, 3.8) is 0 Å². The van der Waals surface area contributed by atoms with Crippen molar-refractivity contribution in [2.45, 2.75) is 25.4 Å². The number of carbonyl (C=O) groups is 2. The molecule has 0 aliphatic carbocycles. The lowest BCUT2D eigenvalue weighted by atomic mass is 10.00. The Morgan fingerprint density at radius 2 is 1.82 bits per heavy atom. The lowest BCUT2D eigenvalue weighted by Gasteiger charge is -2.28. The lowest BCUT2D eigenvalue weighted by Crippen LogP contribution is -2.37. The zero-order chi connectivity index (χ0) is 22.8. The van der Waals surface area contributed by atoms with Crippen LogP contribution >= 0.6 is 0 Å². The van der Waals surface area contributed by atoms with E-state index in [1.807, 2.05) is 29.2 Å². The van der Waals surface area contributed by atoms with Gasteiger partial charge in [-0.25, -0.2) is 0 Å². The summed E-state index contributed by atoms with van der Waals surface area (Å²) in [6, 6.07) is 18.4. The molecule has 3 heterocycles. The summed E-state index contributed by atoms with van der Waals surface area (Å²) in [6.45, 7) is 1.26. The minimum Gasteiger partial charge on any atom is -0.357 e. The van der Waals surface area contributed by atoms with Crippen LogP contribution in [0.25, 0.3) is 10.9 Å². The van der Waals surface area contributed by atoms with Crippen molar-refractivity contribution >= 4 is 28.4 Å². The molecule has 1 aliphatic rings. The Balaban J connectivity index is 1.21. The molecule has 1 unspecified atom stereocenters. The number of pyridine rings is 1. The second-order valence-electron chi connectivity index (χ2n) is 8.32. The largest absolute Gasteiger partial charge is 0.357 e. The van der Waals surface area contributed by atoms with E-state index in [2.05, 4.69) is 27.4 Å². The number of aromatic nitrogens is 2. The van der Waals surface area contributed by atoms with Gasteiger partial charge in [-0.1, -0.05) is 30.3 Å². The molecule has 7 heteroatoms. The van der Waals surface area contributed by atoms with E-state index in [1.54, 1.807) is 36.7 Å². The number of carbonyl (C=O) groups excluding carboxylic acids is 2. The van der Waals surface area contributed by atoms with Gasteiger partial charge in [-0.05, 0) is 47.9 Å². The van der Waals surface area contributed by atoms with Crippen LogP contribution in [0.2, 0.25) is 0 Å². The number of hydrogen-bond acceptors (Lipinski definition) is 4. The number of hydrogen-bond donors (Lipinski definition) is 3. The molecule has 5 rings (SSSR count). The minimum atomic E-state index is -0.432. The maximum atomic E-state index is 12.9. The number of aromatic amines is 1. The molecule has 4 aromatic rings. The topological polar surface area (TPSA) is 104 Å². The zero-order valence-corrected chi connectivity index (χ0v) is 18.1. The summed E-state index contributed by atoms with van der Waals surface area (Å²) < 4.78 is 0. The fourth-order valence-electron chi connectivity index (χ4n) is 4.36. The number of nitrogens with two attached hydrogens (primary N) is 1. The molecule has 0 saturated carbocycles. The molecule has 0 fully saturated rings. The van der Waals surface area contributed by atoms with Gasteiger partial charge in [-0.3, -0.25) is 14.6 Å². The highest BCUT2D eigenvalue weighted by molar-refractivity contribution is 6.04. The molecule has 0 spiro atoms. The van der Waals surface area contributed by atoms with Crippen LogP contribution in [0.5, 0.6) is 0 Å². The quantitative estimate of drug-likeness (QED) is 0.440. The second-order valence-corrected chi connectivity index (χ2v) is 8.32. The van der Waals surface area contributed by atoms with Gasteiger partial charge in [0.25, 0.3) is 5.91 Å². The molecular formula is C26H25N5O2. The first-order chi connectivity index (χ1) is 16.1. The summed E-state index contributed by atoms with van der Waals surface area (Å²) in [6.07, 6.45) is 4.30. The SMILES string of the molecule is NC(CC(=O)N1CCc2c([nH]c3ccccc23)C1)c1ccc(C(=O)Nc2ccncc2)cc1. The fourth-order valence-corrected chi connectivity index (χ4v) is 4.36. The van der Waals surface area contributed by atoms with Crippen molar-refractivity contribution < 1.29 is 9.59 Å². The summed E-state index contributed by atoms with van der Waals surface area (Å²) in [7, 11) is 0. The van der Waals surface area contributed by atoms with Gasteiger partial charge in [0.2, 0.25) is 5.91 Å². The third-order valence-electron chi connectivity index (χ3n) is 6.17. The van der Waals surface area contributed by atoms with Crippen LogP contribution in [0.4, 0.5) is 5.69 Å². The Labute approximate surface area is 191 Å². The zero-order valence-electron chi connectivity index (χ0n) is 18.1. The number of benzene rings is 2. The predicted molar refractivity (Wildman–Crippen MR) is 128 cm³/mol. The van der Waals surface area contributed by atoms with Gasteiger partial charge in [-0.15, -0.1) is 0 Å². The molecule has 2 aromatic heterocycles. The molecular weight excluding hydrogens is 414 g/mol. The van der Waals surface area contributed by atoms with E-state index in [0.717, 1.165) is 23.2 Å². The molecule has 1 atom stereocenters. The number of rotatable bonds is 5. The third-order valence-corrected chi connectivity index (χ3v) is 6.17. The van der Waals surface area contributed by atoms with Gasteiger partial charge in [-0.2, -0.15) is 0 Å². The van der Waals surface area contributed by atoms with Crippen LogP contribution in [-0.4, -0.2) is 33.2 Å². The van der Waals surface area contributed by atoms with Crippen molar-refractivity contribution in [3.05, 3.63) is 95.4 Å². The van der Waals surface area contributed by atoms with E-state index in [0.29, 0.717) is 24.3 Å². The smallest absolute Gasteiger partial charge is 0.255 e. The summed E-state index contributed by atoms with van der Waals surface area (Å²) in [4.78, 5) is 34.6. The summed E-state index contributed by atoms with van der Waals surface area (Å²) in [5.41, 5.74) is 11.9. The molecule has 4 N–H and O–H groups in total. The van der Waals surface area contributed by atoms with Crippen molar-refractivity contribution in [2.75, 3.05) is 11.9 Å². The van der Waals surface area contributed by atoms with Gasteiger partial charge in [0.05, 0.1) is 6.54 Å². The Hall–Kier alpha value is -3.97. The van der Waals surface area contributed by atoms with Gasteiger partial charge >= 0.3 is 0 Å². The molecule has 0 saturated heterocycles. The average Bonchev–Trinajstić information content (AvgIpc) is 3.22. The number of H-pyrrole nitrogens is 1. The number of nitrogens with one attached hydrogen (secondary N) is 2. The van der Waals surface area contributed by atoms with E-state index in [-0.39, 0.29) is 18.2 Å². The number of nitrogens with zero attached hydrogens (tertiary/aromatic N) is 2. The lowest BCUT2D eigenvalue weighted by molar-refractivity contribution is -0.132. The Morgan fingerprint density at radius 3 is 2.61 bits per heavy atom. The van der Waals surface area contributed by atoms with Crippen LogP contribution in [0, 0.1) is 0 Å². The Morgan fingerprint density at radius 1 is 1.06 bits per heavy atom. The molecule has 0 radical (unpaired) electrons. The van der Waals surface area contributed by atoms with Gasteiger partial charge in [0.1, 0.15) is 0 Å². The number of amides is 2. The number of anilines is 1. The summed E-state index contributed by atoms with van der Waals surface area (Å²) >= 11 is 0. The third kappa shape index (κ3) is 4.36.